The Labute approximate surface area is 130 Å². The average molecular weight is 296 g/mol. The third kappa shape index (κ3) is 2.77. The van der Waals surface area contributed by atoms with Gasteiger partial charge in [-0.15, -0.1) is 0 Å². The lowest BCUT2D eigenvalue weighted by Gasteiger charge is -2.36. The SMILES string of the molecule is Cc1ccccc1C(=O)N1CCN(c2ccccc2O)CC1. The fourth-order valence-electron chi connectivity index (χ4n) is 2.87. The minimum Gasteiger partial charge on any atom is -0.506 e. The summed E-state index contributed by atoms with van der Waals surface area (Å²) in [5.41, 5.74) is 2.62. The summed E-state index contributed by atoms with van der Waals surface area (Å²) in [4.78, 5) is 16.6. The Morgan fingerprint density at radius 2 is 1.59 bits per heavy atom. The first kappa shape index (κ1) is 14.4. The molecule has 0 aliphatic carbocycles. The van der Waals surface area contributed by atoms with Gasteiger partial charge in [0.15, 0.2) is 0 Å². The summed E-state index contributed by atoms with van der Waals surface area (Å²) in [7, 11) is 0. The van der Waals surface area contributed by atoms with E-state index in [-0.39, 0.29) is 5.91 Å². The highest BCUT2D eigenvalue weighted by atomic mass is 16.3. The molecule has 0 bridgehead atoms. The van der Waals surface area contributed by atoms with Crippen LogP contribution in [0.25, 0.3) is 0 Å². The molecule has 0 atom stereocenters. The first-order valence-electron chi connectivity index (χ1n) is 7.54. The largest absolute Gasteiger partial charge is 0.506 e. The van der Waals surface area contributed by atoms with E-state index < -0.39 is 0 Å². The molecule has 0 radical (unpaired) electrons. The van der Waals surface area contributed by atoms with E-state index in [9.17, 15) is 9.90 Å². The van der Waals surface area contributed by atoms with Crippen molar-refractivity contribution in [3.05, 3.63) is 59.7 Å². The topological polar surface area (TPSA) is 43.8 Å². The third-order valence-corrected chi connectivity index (χ3v) is 4.16. The first-order valence-corrected chi connectivity index (χ1v) is 7.54. The quantitative estimate of drug-likeness (QED) is 0.926. The zero-order valence-electron chi connectivity index (χ0n) is 12.7. The summed E-state index contributed by atoms with van der Waals surface area (Å²) in [6, 6.07) is 15.0. The molecule has 1 heterocycles. The number of benzene rings is 2. The minimum atomic E-state index is 0.0926. The van der Waals surface area contributed by atoms with E-state index in [0.717, 1.165) is 29.9 Å². The van der Waals surface area contributed by atoms with Crippen LogP contribution in [-0.4, -0.2) is 42.1 Å². The van der Waals surface area contributed by atoms with Crippen molar-refractivity contribution in [1.29, 1.82) is 0 Å². The number of aryl methyl sites for hydroxylation is 1. The maximum absolute atomic E-state index is 12.6. The molecule has 2 aromatic carbocycles. The molecule has 1 N–H and O–H groups in total. The lowest BCUT2D eigenvalue weighted by Crippen LogP contribution is -2.48. The minimum absolute atomic E-state index is 0.0926. The number of nitrogens with zero attached hydrogens (tertiary/aromatic N) is 2. The molecule has 2 aromatic rings. The third-order valence-electron chi connectivity index (χ3n) is 4.16. The van der Waals surface area contributed by atoms with Crippen LogP contribution in [0.2, 0.25) is 0 Å². The molecule has 0 spiro atoms. The van der Waals surface area contributed by atoms with Gasteiger partial charge in [0.25, 0.3) is 5.91 Å². The van der Waals surface area contributed by atoms with Crippen molar-refractivity contribution < 1.29 is 9.90 Å². The standard InChI is InChI=1S/C18H20N2O2/c1-14-6-2-3-7-15(14)18(22)20-12-10-19(11-13-20)16-8-4-5-9-17(16)21/h2-9,21H,10-13H2,1H3. The average Bonchev–Trinajstić information content (AvgIpc) is 2.55. The lowest BCUT2D eigenvalue weighted by molar-refractivity contribution is 0.0746. The highest BCUT2D eigenvalue weighted by Crippen LogP contribution is 2.27. The predicted molar refractivity (Wildman–Crippen MR) is 87.4 cm³/mol. The van der Waals surface area contributed by atoms with E-state index in [1.54, 1.807) is 6.07 Å². The van der Waals surface area contributed by atoms with Gasteiger partial charge < -0.3 is 14.9 Å². The Morgan fingerprint density at radius 1 is 0.955 bits per heavy atom. The van der Waals surface area contributed by atoms with Crippen LogP contribution in [0, 0.1) is 6.92 Å². The zero-order valence-corrected chi connectivity index (χ0v) is 12.7. The summed E-state index contributed by atoms with van der Waals surface area (Å²) in [6.07, 6.45) is 0. The molecule has 0 saturated carbocycles. The van der Waals surface area contributed by atoms with Gasteiger partial charge in [-0.2, -0.15) is 0 Å². The fraction of sp³-hybridized carbons (Fsp3) is 0.278. The molecule has 1 fully saturated rings. The van der Waals surface area contributed by atoms with E-state index in [0.29, 0.717) is 18.8 Å². The monoisotopic (exact) mass is 296 g/mol. The number of aromatic hydroxyl groups is 1. The fourth-order valence-corrected chi connectivity index (χ4v) is 2.87. The molecule has 1 aliphatic rings. The van der Waals surface area contributed by atoms with Crippen LogP contribution in [0.1, 0.15) is 15.9 Å². The summed E-state index contributed by atoms with van der Waals surface area (Å²) in [6.45, 7) is 4.76. The molecule has 4 nitrogen and oxygen atoms in total. The van der Waals surface area contributed by atoms with E-state index in [1.165, 1.54) is 0 Å². The smallest absolute Gasteiger partial charge is 0.254 e. The van der Waals surface area contributed by atoms with Gasteiger partial charge >= 0.3 is 0 Å². The normalized spacial score (nSPS) is 15.0. The summed E-state index contributed by atoms with van der Waals surface area (Å²) in [5.74, 6) is 0.385. The second kappa shape index (κ2) is 6.10. The van der Waals surface area contributed by atoms with Crippen molar-refractivity contribution in [3.63, 3.8) is 0 Å². The number of carbonyl (C=O) groups is 1. The van der Waals surface area contributed by atoms with Crippen LogP contribution in [-0.2, 0) is 0 Å². The number of piperazine rings is 1. The molecule has 1 amide bonds. The summed E-state index contributed by atoms with van der Waals surface area (Å²) >= 11 is 0. The van der Waals surface area contributed by atoms with Crippen molar-refractivity contribution in [2.24, 2.45) is 0 Å². The molecule has 1 aliphatic heterocycles. The maximum Gasteiger partial charge on any atom is 0.254 e. The van der Waals surface area contributed by atoms with Gasteiger partial charge in [-0.3, -0.25) is 4.79 Å². The Morgan fingerprint density at radius 3 is 2.27 bits per heavy atom. The van der Waals surface area contributed by atoms with Gasteiger partial charge in [-0.1, -0.05) is 30.3 Å². The van der Waals surface area contributed by atoms with Gasteiger partial charge in [0.05, 0.1) is 5.69 Å². The lowest BCUT2D eigenvalue weighted by atomic mass is 10.1. The van der Waals surface area contributed by atoms with Crippen molar-refractivity contribution in [3.8, 4) is 5.75 Å². The molecular formula is C18H20N2O2. The van der Waals surface area contributed by atoms with Crippen LogP contribution in [0.4, 0.5) is 5.69 Å². The highest BCUT2D eigenvalue weighted by molar-refractivity contribution is 5.95. The number of rotatable bonds is 2. The van der Waals surface area contributed by atoms with Crippen LogP contribution in [0.3, 0.4) is 0 Å². The molecule has 0 unspecified atom stereocenters. The Bertz CT molecular complexity index is 676. The van der Waals surface area contributed by atoms with Crippen LogP contribution < -0.4 is 4.90 Å². The van der Waals surface area contributed by atoms with Crippen molar-refractivity contribution in [2.45, 2.75) is 6.92 Å². The predicted octanol–water partition coefficient (Wildman–Crippen LogP) is 2.66. The number of carbonyl (C=O) groups excluding carboxylic acids is 1. The van der Waals surface area contributed by atoms with E-state index in [1.807, 2.05) is 54.3 Å². The molecule has 22 heavy (non-hydrogen) atoms. The number of hydrogen-bond donors (Lipinski definition) is 1. The van der Waals surface area contributed by atoms with Gasteiger partial charge in [0, 0.05) is 31.7 Å². The molecule has 3 rings (SSSR count). The van der Waals surface area contributed by atoms with Crippen molar-refractivity contribution in [1.82, 2.24) is 4.90 Å². The number of anilines is 1. The molecular weight excluding hydrogens is 276 g/mol. The van der Waals surface area contributed by atoms with Crippen molar-refractivity contribution >= 4 is 11.6 Å². The summed E-state index contributed by atoms with van der Waals surface area (Å²) in [5, 5.41) is 9.93. The number of phenolic OH excluding ortho intramolecular Hbond substituents is 1. The summed E-state index contributed by atoms with van der Waals surface area (Å²) < 4.78 is 0. The second-order valence-electron chi connectivity index (χ2n) is 5.58. The van der Waals surface area contributed by atoms with Gasteiger partial charge in [0.1, 0.15) is 5.75 Å². The first-order chi connectivity index (χ1) is 10.7. The van der Waals surface area contributed by atoms with E-state index >= 15 is 0 Å². The molecule has 0 aromatic heterocycles. The molecule has 1 saturated heterocycles. The Balaban J connectivity index is 1.68. The van der Waals surface area contributed by atoms with Crippen molar-refractivity contribution in [2.75, 3.05) is 31.1 Å². The zero-order chi connectivity index (χ0) is 15.5. The number of para-hydroxylation sites is 2. The van der Waals surface area contributed by atoms with E-state index in [2.05, 4.69) is 4.90 Å². The maximum atomic E-state index is 12.6. The van der Waals surface area contributed by atoms with Crippen LogP contribution in [0.5, 0.6) is 5.75 Å². The Hall–Kier alpha value is -2.49. The highest BCUT2D eigenvalue weighted by Gasteiger charge is 2.23. The Kier molecular flexibility index (Phi) is 4.00. The second-order valence-corrected chi connectivity index (χ2v) is 5.58. The van der Waals surface area contributed by atoms with Crippen LogP contribution in [0.15, 0.2) is 48.5 Å². The van der Waals surface area contributed by atoms with Crippen LogP contribution >= 0.6 is 0 Å². The van der Waals surface area contributed by atoms with Gasteiger partial charge in [0.2, 0.25) is 0 Å². The number of hydrogen-bond acceptors (Lipinski definition) is 3. The van der Waals surface area contributed by atoms with Gasteiger partial charge in [-0.25, -0.2) is 0 Å². The molecule has 4 heteroatoms. The molecule has 114 valence electrons. The number of amides is 1. The van der Waals surface area contributed by atoms with E-state index in [4.69, 9.17) is 0 Å². The van der Waals surface area contributed by atoms with Gasteiger partial charge in [-0.05, 0) is 30.7 Å². The number of phenols is 1.